The maximum atomic E-state index is 12.4. The Bertz CT molecular complexity index is 355. The molecule has 122 valence electrons. The van der Waals surface area contributed by atoms with Crippen molar-refractivity contribution in [1.29, 1.82) is 0 Å². The fourth-order valence-corrected chi connectivity index (χ4v) is 3.85. The van der Waals surface area contributed by atoms with Crippen LogP contribution in [0.25, 0.3) is 0 Å². The summed E-state index contributed by atoms with van der Waals surface area (Å²) in [6, 6.07) is 0.279. The van der Waals surface area contributed by atoms with E-state index in [4.69, 9.17) is 5.11 Å². The van der Waals surface area contributed by atoms with Crippen LogP contribution in [0.3, 0.4) is 0 Å². The molecule has 0 aliphatic heterocycles. The number of aliphatic hydroxyl groups excluding tert-OH is 1. The second-order valence-corrected chi connectivity index (χ2v) is 7.09. The van der Waals surface area contributed by atoms with E-state index >= 15 is 0 Å². The number of nitrogens with one attached hydrogen (secondary N) is 1. The number of hydrogen-bond acceptors (Lipinski definition) is 3. The number of hydrogen-bond donors (Lipinski definition) is 2. The van der Waals surface area contributed by atoms with Crippen LogP contribution in [-0.4, -0.2) is 66.8 Å². The standard InChI is InChI=1S/C16H31N3O2/c1-18(2)16(9-5-10-16)12-19(3)15(21)17-14-7-4-6-13(14)8-11-20/h13-14,20H,4-12H2,1-3H3,(H,17,21). The van der Waals surface area contributed by atoms with Crippen LogP contribution < -0.4 is 5.32 Å². The van der Waals surface area contributed by atoms with Crippen LogP contribution in [0.2, 0.25) is 0 Å². The van der Waals surface area contributed by atoms with Crippen molar-refractivity contribution in [2.75, 3.05) is 34.3 Å². The summed E-state index contributed by atoms with van der Waals surface area (Å²) in [6.45, 7) is 1.01. The second-order valence-electron chi connectivity index (χ2n) is 7.09. The lowest BCUT2D eigenvalue weighted by molar-refractivity contribution is 0.0358. The summed E-state index contributed by atoms with van der Waals surface area (Å²) in [5.74, 6) is 0.443. The molecule has 0 radical (unpaired) electrons. The van der Waals surface area contributed by atoms with E-state index < -0.39 is 0 Å². The molecule has 2 aliphatic carbocycles. The minimum atomic E-state index is 0.0398. The molecule has 0 bridgehead atoms. The van der Waals surface area contributed by atoms with Crippen LogP contribution in [0, 0.1) is 5.92 Å². The fraction of sp³-hybridized carbons (Fsp3) is 0.938. The van der Waals surface area contributed by atoms with E-state index in [2.05, 4.69) is 24.3 Å². The highest BCUT2D eigenvalue weighted by Crippen LogP contribution is 2.36. The number of likely N-dealkylation sites (N-methyl/N-ethyl adjacent to an activating group) is 2. The molecule has 0 heterocycles. The van der Waals surface area contributed by atoms with Crippen molar-refractivity contribution in [3.63, 3.8) is 0 Å². The van der Waals surface area contributed by atoms with E-state index in [-0.39, 0.29) is 24.2 Å². The summed E-state index contributed by atoms with van der Waals surface area (Å²) >= 11 is 0. The summed E-state index contributed by atoms with van der Waals surface area (Å²) in [5, 5.41) is 12.3. The number of aliphatic hydroxyl groups is 1. The van der Waals surface area contributed by atoms with Crippen LogP contribution in [-0.2, 0) is 0 Å². The van der Waals surface area contributed by atoms with Crippen molar-refractivity contribution >= 4 is 6.03 Å². The van der Waals surface area contributed by atoms with Crippen molar-refractivity contribution in [2.45, 2.75) is 56.5 Å². The molecule has 0 saturated heterocycles. The molecule has 0 aromatic heterocycles. The summed E-state index contributed by atoms with van der Waals surface area (Å²) in [6.07, 6.45) is 7.73. The first-order valence-electron chi connectivity index (χ1n) is 8.28. The summed E-state index contributed by atoms with van der Waals surface area (Å²) < 4.78 is 0. The van der Waals surface area contributed by atoms with Gasteiger partial charge in [-0.25, -0.2) is 4.79 Å². The van der Waals surface area contributed by atoms with E-state index in [1.165, 1.54) is 19.3 Å². The molecule has 2 fully saturated rings. The molecule has 2 atom stereocenters. The van der Waals surface area contributed by atoms with E-state index in [1.807, 2.05) is 11.9 Å². The first-order chi connectivity index (χ1) is 9.98. The number of urea groups is 1. The number of nitrogens with zero attached hydrogens (tertiary/aromatic N) is 2. The van der Waals surface area contributed by atoms with Gasteiger partial charge in [-0.1, -0.05) is 6.42 Å². The molecule has 5 nitrogen and oxygen atoms in total. The van der Waals surface area contributed by atoms with E-state index in [1.54, 1.807) is 0 Å². The highest BCUT2D eigenvalue weighted by molar-refractivity contribution is 5.74. The molecule has 0 spiro atoms. The molecule has 0 aromatic rings. The summed E-state index contributed by atoms with van der Waals surface area (Å²) in [7, 11) is 6.12. The molecule has 0 aromatic carbocycles. The van der Waals surface area contributed by atoms with Gasteiger partial charge in [-0.15, -0.1) is 0 Å². The van der Waals surface area contributed by atoms with Gasteiger partial charge >= 0.3 is 6.03 Å². The zero-order valence-electron chi connectivity index (χ0n) is 13.8. The third-order valence-electron chi connectivity index (χ3n) is 5.58. The molecule has 2 N–H and O–H groups in total. The van der Waals surface area contributed by atoms with Gasteiger partial charge in [0.1, 0.15) is 0 Å². The average Bonchev–Trinajstić information content (AvgIpc) is 2.81. The van der Waals surface area contributed by atoms with Crippen molar-refractivity contribution in [2.24, 2.45) is 5.92 Å². The third kappa shape index (κ3) is 3.69. The van der Waals surface area contributed by atoms with Crippen LogP contribution in [0.1, 0.15) is 44.9 Å². The van der Waals surface area contributed by atoms with Crippen molar-refractivity contribution in [1.82, 2.24) is 15.1 Å². The SMILES string of the molecule is CN(CC1(N(C)C)CCC1)C(=O)NC1CCCC1CCO. The van der Waals surface area contributed by atoms with Crippen LogP contribution >= 0.6 is 0 Å². The number of rotatable bonds is 6. The predicted octanol–water partition coefficient (Wildman–Crippen LogP) is 1.66. The number of carbonyl (C=O) groups excluding carboxylic acids is 1. The highest BCUT2D eigenvalue weighted by atomic mass is 16.3. The minimum absolute atomic E-state index is 0.0398. The Hall–Kier alpha value is -0.810. The Balaban J connectivity index is 1.85. The zero-order chi connectivity index (χ0) is 15.5. The fourth-order valence-electron chi connectivity index (χ4n) is 3.85. The third-order valence-corrected chi connectivity index (χ3v) is 5.58. The van der Waals surface area contributed by atoms with Gasteiger partial charge in [0, 0.05) is 31.8 Å². The largest absolute Gasteiger partial charge is 0.396 e. The maximum Gasteiger partial charge on any atom is 0.317 e. The molecule has 2 amide bonds. The quantitative estimate of drug-likeness (QED) is 0.784. The van der Waals surface area contributed by atoms with Crippen molar-refractivity contribution in [3.8, 4) is 0 Å². The van der Waals surface area contributed by atoms with Crippen LogP contribution in [0.4, 0.5) is 4.79 Å². The Morgan fingerprint density at radius 2 is 1.95 bits per heavy atom. The Morgan fingerprint density at radius 3 is 2.48 bits per heavy atom. The lowest BCUT2D eigenvalue weighted by atomic mass is 9.75. The van der Waals surface area contributed by atoms with Gasteiger partial charge in [-0.05, 0) is 58.5 Å². The molecule has 21 heavy (non-hydrogen) atoms. The van der Waals surface area contributed by atoms with Gasteiger partial charge in [0.25, 0.3) is 0 Å². The second kappa shape index (κ2) is 6.97. The van der Waals surface area contributed by atoms with Gasteiger partial charge in [0.05, 0.1) is 0 Å². The summed E-state index contributed by atoms with van der Waals surface area (Å²) in [5.41, 5.74) is 0.173. The first kappa shape index (κ1) is 16.6. The molecule has 5 heteroatoms. The number of amides is 2. The van der Waals surface area contributed by atoms with Crippen molar-refractivity contribution in [3.05, 3.63) is 0 Å². The summed E-state index contributed by atoms with van der Waals surface area (Å²) in [4.78, 5) is 16.5. The average molecular weight is 297 g/mol. The molecular weight excluding hydrogens is 266 g/mol. The number of carbonyl (C=O) groups is 1. The zero-order valence-corrected chi connectivity index (χ0v) is 13.8. The minimum Gasteiger partial charge on any atom is -0.396 e. The Labute approximate surface area is 128 Å². The molecule has 2 rings (SSSR count). The van der Waals surface area contributed by atoms with Crippen LogP contribution in [0.5, 0.6) is 0 Å². The van der Waals surface area contributed by atoms with Gasteiger partial charge in [0.2, 0.25) is 0 Å². The van der Waals surface area contributed by atoms with Crippen molar-refractivity contribution < 1.29 is 9.90 Å². The lowest BCUT2D eigenvalue weighted by Crippen LogP contribution is -2.59. The van der Waals surface area contributed by atoms with Gasteiger partial charge in [0.15, 0.2) is 0 Å². The van der Waals surface area contributed by atoms with Gasteiger partial charge in [-0.2, -0.15) is 0 Å². The van der Waals surface area contributed by atoms with E-state index in [0.717, 1.165) is 32.2 Å². The van der Waals surface area contributed by atoms with Gasteiger partial charge in [-0.3, -0.25) is 0 Å². The predicted molar refractivity (Wildman–Crippen MR) is 84.3 cm³/mol. The normalized spacial score (nSPS) is 27.5. The molecule has 2 unspecified atom stereocenters. The Morgan fingerprint density at radius 1 is 1.24 bits per heavy atom. The monoisotopic (exact) mass is 297 g/mol. The van der Waals surface area contributed by atoms with E-state index in [0.29, 0.717) is 5.92 Å². The van der Waals surface area contributed by atoms with E-state index in [9.17, 15) is 4.79 Å². The highest BCUT2D eigenvalue weighted by Gasteiger charge is 2.41. The molecule has 2 aliphatic rings. The first-order valence-corrected chi connectivity index (χ1v) is 8.28. The molecule has 2 saturated carbocycles. The van der Waals surface area contributed by atoms with Gasteiger partial charge < -0.3 is 20.2 Å². The Kier molecular flexibility index (Phi) is 5.49. The smallest absolute Gasteiger partial charge is 0.317 e. The maximum absolute atomic E-state index is 12.4. The van der Waals surface area contributed by atoms with Crippen LogP contribution in [0.15, 0.2) is 0 Å². The lowest BCUT2D eigenvalue weighted by Gasteiger charge is -2.49. The topological polar surface area (TPSA) is 55.8 Å². The molecular formula is C16H31N3O2.